The van der Waals surface area contributed by atoms with Gasteiger partial charge in [0.05, 0.1) is 31.7 Å². The Bertz CT molecular complexity index is 1140. The Morgan fingerprint density at radius 3 is 2.71 bits per heavy atom. The van der Waals surface area contributed by atoms with Gasteiger partial charge in [-0.15, -0.1) is 0 Å². The first-order valence-electron chi connectivity index (χ1n) is 8.87. The van der Waals surface area contributed by atoms with Crippen molar-refractivity contribution in [2.24, 2.45) is 0 Å². The highest BCUT2D eigenvalue weighted by atomic mass is 16.5. The molecule has 4 rings (SSSR count). The van der Waals surface area contributed by atoms with Crippen molar-refractivity contribution in [2.45, 2.75) is 13.3 Å². The van der Waals surface area contributed by atoms with Crippen LogP contribution >= 0.6 is 0 Å². The van der Waals surface area contributed by atoms with Gasteiger partial charge in [0, 0.05) is 12.6 Å². The number of rotatable bonds is 5. The van der Waals surface area contributed by atoms with E-state index in [2.05, 4.69) is 0 Å². The molecule has 0 aliphatic rings. The summed E-state index contributed by atoms with van der Waals surface area (Å²) in [5.41, 5.74) is 5.14. The van der Waals surface area contributed by atoms with E-state index in [0.29, 0.717) is 17.7 Å². The Hall–Kier alpha value is -3.54. The molecule has 0 spiro atoms. The smallest absolute Gasteiger partial charge is 0.339 e. The van der Waals surface area contributed by atoms with E-state index < -0.39 is 0 Å². The van der Waals surface area contributed by atoms with Gasteiger partial charge in [-0.1, -0.05) is 6.07 Å². The summed E-state index contributed by atoms with van der Waals surface area (Å²) in [5, 5.41) is 0. The van der Waals surface area contributed by atoms with Gasteiger partial charge < -0.3 is 18.3 Å². The van der Waals surface area contributed by atoms with Gasteiger partial charge in [-0.05, 0) is 54.4 Å². The maximum absolute atomic E-state index is 12.0. The minimum Gasteiger partial charge on any atom is -0.497 e. The number of methoxy groups -OCH3 is 2. The van der Waals surface area contributed by atoms with Gasteiger partial charge in [-0.25, -0.2) is 9.78 Å². The fraction of sp³-hybridized carbons (Fsp3) is 0.182. The van der Waals surface area contributed by atoms with Gasteiger partial charge in [0.2, 0.25) is 0 Å². The van der Waals surface area contributed by atoms with E-state index in [0.717, 1.165) is 33.9 Å². The lowest BCUT2D eigenvalue weighted by Crippen LogP contribution is -2.04. The van der Waals surface area contributed by atoms with Crippen molar-refractivity contribution in [1.29, 1.82) is 0 Å². The average Bonchev–Trinajstić information content (AvgIpc) is 3.36. The summed E-state index contributed by atoms with van der Waals surface area (Å²) >= 11 is 0. The van der Waals surface area contributed by atoms with E-state index >= 15 is 0 Å². The third kappa shape index (κ3) is 3.13. The topological polar surface area (TPSA) is 66.0 Å². The van der Waals surface area contributed by atoms with Crippen LogP contribution < -0.4 is 4.74 Å². The predicted octanol–water partition coefficient (Wildman–Crippen LogP) is 4.29. The lowest BCUT2D eigenvalue weighted by Gasteiger charge is -2.10. The number of hydrogen-bond acceptors (Lipinski definition) is 5. The van der Waals surface area contributed by atoms with Crippen LogP contribution in [-0.4, -0.2) is 29.6 Å². The van der Waals surface area contributed by atoms with Crippen LogP contribution in [0.3, 0.4) is 0 Å². The summed E-state index contributed by atoms with van der Waals surface area (Å²) in [5.74, 6) is 1.12. The van der Waals surface area contributed by atoms with E-state index in [1.807, 2.05) is 47.7 Å². The summed E-state index contributed by atoms with van der Waals surface area (Å²) in [4.78, 5) is 16.7. The molecule has 0 aliphatic carbocycles. The van der Waals surface area contributed by atoms with Crippen LogP contribution in [0.1, 0.15) is 27.2 Å². The molecule has 0 aliphatic heterocycles. The summed E-state index contributed by atoms with van der Waals surface area (Å²) in [6.07, 6.45) is 4.01. The van der Waals surface area contributed by atoms with Crippen molar-refractivity contribution in [3.8, 4) is 17.2 Å². The first kappa shape index (κ1) is 17.9. The molecular formula is C22H20N2O4. The van der Waals surface area contributed by atoms with E-state index in [9.17, 15) is 4.79 Å². The second-order valence-corrected chi connectivity index (χ2v) is 6.49. The van der Waals surface area contributed by atoms with Gasteiger partial charge in [-0.3, -0.25) is 0 Å². The maximum Gasteiger partial charge on any atom is 0.339 e. The molecule has 4 aromatic rings. The Labute approximate surface area is 162 Å². The number of esters is 1. The number of carbonyl (C=O) groups excluding carboxylic acids is 1. The van der Waals surface area contributed by atoms with Gasteiger partial charge in [0.25, 0.3) is 0 Å². The van der Waals surface area contributed by atoms with Crippen LogP contribution in [0.2, 0.25) is 0 Å². The molecular weight excluding hydrogens is 356 g/mol. The SMILES string of the molecule is COC(=O)c1ccc2nc(-c3ccco3)c(Cc3ccc(OC)cc3C)n2c1. The Morgan fingerprint density at radius 2 is 2.04 bits per heavy atom. The zero-order valence-corrected chi connectivity index (χ0v) is 15.9. The number of hydrogen-bond donors (Lipinski definition) is 0. The lowest BCUT2D eigenvalue weighted by atomic mass is 10.0. The molecule has 6 nitrogen and oxygen atoms in total. The van der Waals surface area contributed by atoms with Crippen molar-refractivity contribution >= 4 is 11.6 Å². The summed E-state index contributed by atoms with van der Waals surface area (Å²) in [6, 6.07) is 13.2. The molecule has 3 aromatic heterocycles. The van der Waals surface area contributed by atoms with Crippen LogP contribution in [0.25, 0.3) is 17.1 Å². The molecule has 0 N–H and O–H groups in total. The molecule has 0 radical (unpaired) electrons. The second kappa shape index (κ2) is 7.23. The number of imidazole rings is 1. The summed E-state index contributed by atoms with van der Waals surface area (Å²) in [6.45, 7) is 2.05. The fourth-order valence-corrected chi connectivity index (χ4v) is 3.29. The number of aryl methyl sites for hydroxylation is 1. The highest BCUT2D eigenvalue weighted by molar-refractivity contribution is 5.89. The van der Waals surface area contributed by atoms with E-state index in [1.54, 1.807) is 25.6 Å². The Kier molecular flexibility index (Phi) is 4.61. The average molecular weight is 376 g/mol. The number of ether oxygens (including phenoxy) is 2. The van der Waals surface area contributed by atoms with Crippen LogP contribution in [0, 0.1) is 6.92 Å². The molecule has 0 unspecified atom stereocenters. The van der Waals surface area contributed by atoms with Crippen molar-refractivity contribution in [3.05, 3.63) is 77.3 Å². The number of benzene rings is 1. The molecule has 6 heteroatoms. The maximum atomic E-state index is 12.0. The van der Waals surface area contributed by atoms with Crippen molar-refractivity contribution in [1.82, 2.24) is 9.38 Å². The second-order valence-electron chi connectivity index (χ2n) is 6.49. The lowest BCUT2D eigenvalue weighted by molar-refractivity contribution is 0.0600. The van der Waals surface area contributed by atoms with Crippen molar-refractivity contribution in [2.75, 3.05) is 14.2 Å². The van der Waals surface area contributed by atoms with Crippen LogP contribution in [0.5, 0.6) is 5.75 Å². The van der Waals surface area contributed by atoms with Crippen LogP contribution in [0.15, 0.2) is 59.3 Å². The third-order valence-electron chi connectivity index (χ3n) is 4.80. The molecule has 0 saturated carbocycles. The van der Waals surface area contributed by atoms with Crippen molar-refractivity contribution in [3.63, 3.8) is 0 Å². The Balaban J connectivity index is 1.88. The molecule has 0 amide bonds. The molecule has 3 heterocycles. The number of pyridine rings is 1. The van der Waals surface area contributed by atoms with Gasteiger partial charge in [0.15, 0.2) is 5.76 Å². The minimum absolute atomic E-state index is 0.387. The number of aromatic nitrogens is 2. The molecule has 0 saturated heterocycles. The van der Waals surface area contributed by atoms with Crippen LogP contribution in [-0.2, 0) is 11.2 Å². The zero-order chi connectivity index (χ0) is 19.7. The highest BCUT2D eigenvalue weighted by Gasteiger charge is 2.19. The third-order valence-corrected chi connectivity index (χ3v) is 4.80. The molecule has 142 valence electrons. The molecule has 0 atom stereocenters. The molecule has 1 aromatic carbocycles. The predicted molar refractivity (Wildman–Crippen MR) is 105 cm³/mol. The fourth-order valence-electron chi connectivity index (χ4n) is 3.29. The van der Waals surface area contributed by atoms with E-state index in [4.69, 9.17) is 18.9 Å². The normalized spacial score (nSPS) is 11.0. The first-order chi connectivity index (χ1) is 13.6. The van der Waals surface area contributed by atoms with Gasteiger partial charge in [-0.2, -0.15) is 0 Å². The largest absolute Gasteiger partial charge is 0.497 e. The minimum atomic E-state index is -0.387. The standard InChI is InChI=1S/C22H20N2O4/c1-14-11-17(26-2)8-6-15(14)12-18-21(19-5-4-10-28-19)23-20-9-7-16(13-24(18)20)22(25)27-3/h4-11,13H,12H2,1-3H3. The number of carbonyl (C=O) groups is 1. The first-order valence-corrected chi connectivity index (χ1v) is 8.87. The quantitative estimate of drug-likeness (QED) is 0.486. The van der Waals surface area contributed by atoms with Gasteiger partial charge >= 0.3 is 5.97 Å². The Morgan fingerprint density at radius 1 is 1.18 bits per heavy atom. The monoisotopic (exact) mass is 376 g/mol. The van der Waals surface area contributed by atoms with Gasteiger partial charge in [0.1, 0.15) is 17.1 Å². The van der Waals surface area contributed by atoms with Crippen molar-refractivity contribution < 1.29 is 18.7 Å². The van der Waals surface area contributed by atoms with E-state index in [1.165, 1.54) is 7.11 Å². The highest BCUT2D eigenvalue weighted by Crippen LogP contribution is 2.29. The number of nitrogens with zero attached hydrogens (tertiary/aromatic N) is 2. The van der Waals surface area contributed by atoms with Crippen LogP contribution in [0.4, 0.5) is 0 Å². The number of fused-ring (bicyclic) bond motifs is 1. The molecule has 28 heavy (non-hydrogen) atoms. The summed E-state index contributed by atoms with van der Waals surface area (Å²) < 4.78 is 17.7. The molecule has 0 bridgehead atoms. The number of furan rings is 1. The van der Waals surface area contributed by atoms with E-state index in [-0.39, 0.29) is 5.97 Å². The summed E-state index contributed by atoms with van der Waals surface area (Å²) in [7, 11) is 3.03. The zero-order valence-electron chi connectivity index (χ0n) is 15.9. The molecule has 0 fully saturated rings.